The molecule has 10 aliphatic heterocycles. The smallest absolute Gasteiger partial charge is 0.368 e. The van der Waals surface area contributed by atoms with Crippen molar-refractivity contribution < 1.29 is 0 Å². The zero-order valence-corrected chi connectivity index (χ0v) is 47.7. The molecule has 0 radical (unpaired) electrons. The fourth-order valence-electron chi connectivity index (χ4n) is 15.6. The maximum Gasteiger partial charge on any atom is 0.368 e. The van der Waals surface area contributed by atoms with Gasteiger partial charge in [0.2, 0.25) is 0 Å². The van der Waals surface area contributed by atoms with Crippen LogP contribution in [0.1, 0.15) is 0 Å². The Morgan fingerprint density at radius 3 is 0.926 bits per heavy atom. The van der Waals surface area contributed by atoms with Crippen molar-refractivity contribution in [2.24, 2.45) is 0 Å². The first-order valence-corrected chi connectivity index (χ1v) is 33.0. The Bertz CT molecular complexity index is 4460. The SMILES string of the molecule is c1ccc(N2B3Sc4cccc5c4-c4c3c(c3c6c4B(S5)N(c4ccccc4)c4cc5c7c(c4-6)B(S3)Sc3c4c6c8c(c3-7)B(Sc3cccc(c3-8)SB6N(c3ccccc3)c3ccccc3-4)N5c3ccccc3)-c3ccccc32)cc1. The van der Waals surface area contributed by atoms with Crippen molar-refractivity contribution in [3.05, 3.63) is 212 Å². The Balaban J connectivity index is 0.945. The molecule has 0 fully saturated rings. The largest absolute Gasteiger partial charge is 0.371 e. The van der Waals surface area contributed by atoms with Gasteiger partial charge < -0.3 is 19.2 Å². The third-order valence-electron chi connectivity index (χ3n) is 18.5. The number of nitrogens with zero attached hydrogens (tertiary/aromatic N) is 4. The van der Waals surface area contributed by atoms with Crippen molar-refractivity contribution in [2.45, 2.75) is 29.4 Å². The number of rotatable bonds is 4. The van der Waals surface area contributed by atoms with E-state index in [-0.39, 0.29) is 29.8 Å². The Morgan fingerprint density at radius 2 is 0.556 bits per heavy atom. The van der Waals surface area contributed by atoms with Crippen LogP contribution in [0, 0.1) is 0 Å². The molecule has 0 aromatic heterocycles. The standard InChI is InChI=1S/C66H35B5N4S6/c1-5-19-36(20-6-1)72-42-29-15-13-27-40(42)50-60-56-54-46(76-67(60)72)31-17-33-48(54)78-69-62(56)58-52-44(74(69)38-23-9-3-10-24-38)35-45-53-59-63-57-55-47(32-18-34-49(55)79-70(63)75(45)39-25-11-4-12-26-39)77-68-61(57)51(66(59)81-71(64(52)53)80-65(50)58)41-28-14-16-30-43(41)73(68)37-21-7-2-8-22-37/h1-35H. The molecule has 10 aliphatic rings. The highest BCUT2D eigenvalue weighted by Gasteiger charge is 2.59. The van der Waals surface area contributed by atoms with Crippen LogP contribution in [0.3, 0.4) is 0 Å². The van der Waals surface area contributed by atoms with Crippen molar-refractivity contribution >= 4 is 172 Å². The summed E-state index contributed by atoms with van der Waals surface area (Å²) in [6, 6.07) is 80.9. The van der Waals surface area contributed by atoms with E-state index in [0.29, 0.717) is 0 Å². The summed E-state index contributed by atoms with van der Waals surface area (Å²) in [5, 5.41) is 0.0567. The molecular weight excluding hydrogens is 1100 g/mol. The van der Waals surface area contributed by atoms with E-state index in [9.17, 15) is 0 Å². The average Bonchev–Trinajstić information content (AvgIpc) is 2.87. The normalized spacial score (nSPS) is 16.1. The molecule has 10 heterocycles. The predicted octanol–water partition coefficient (Wildman–Crippen LogP) is 15.4. The van der Waals surface area contributed by atoms with E-state index in [1.807, 2.05) is 23.2 Å². The minimum absolute atomic E-state index is 0.0117. The third kappa shape index (κ3) is 5.49. The molecule has 11 aromatic rings. The fourth-order valence-corrected chi connectivity index (χ4v) is 24.7. The highest BCUT2D eigenvalue weighted by Crippen LogP contribution is 2.67. The monoisotopic (exact) mass is 1130 g/mol. The molecule has 11 aromatic carbocycles. The second kappa shape index (κ2) is 16.0. The maximum atomic E-state index is 2.78. The molecule has 0 aliphatic carbocycles. The van der Waals surface area contributed by atoms with Gasteiger partial charge in [0.15, 0.2) is 0 Å². The van der Waals surface area contributed by atoms with Crippen LogP contribution in [0.15, 0.2) is 242 Å². The van der Waals surface area contributed by atoms with Gasteiger partial charge in [0.1, 0.15) is 0 Å². The van der Waals surface area contributed by atoms with Crippen molar-refractivity contribution in [3.8, 4) is 66.8 Å². The first kappa shape index (κ1) is 44.7. The van der Waals surface area contributed by atoms with E-state index in [1.54, 1.807) is 0 Å². The molecule has 4 nitrogen and oxygen atoms in total. The zero-order chi connectivity index (χ0) is 52.1. The van der Waals surface area contributed by atoms with Crippen molar-refractivity contribution in [2.75, 3.05) is 19.2 Å². The summed E-state index contributed by atoms with van der Waals surface area (Å²) in [6.45, 7) is 0. The fraction of sp³-hybridized carbons (Fsp3) is 0. The van der Waals surface area contributed by atoms with Crippen molar-refractivity contribution in [3.63, 3.8) is 0 Å². The molecular formula is C66H35B5N4S6. The molecule has 0 bridgehead atoms. The first-order valence-electron chi connectivity index (χ1n) is 27.8. The second-order valence-electron chi connectivity index (χ2n) is 22.2. The van der Waals surface area contributed by atoms with Gasteiger partial charge >= 0.3 is 29.8 Å². The predicted molar refractivity (Wildman–Crippen MR) is 355 cm³/mol. The van der Waals surface area contributed by atoms with E-state index in [4.69, 9.17) is 0 Å². The van der Waals surface area contributed by atoms with Crippen LogP contribution in [0.4, 0.5) is 45.5 Å². The topological polar surface area (TPSA) is 13.0 Å². The van der Waals surface area contributed by atoms with E-state index in [0.717, 1.165) is 0 Å². The number of hydrogen-bond acceptors (Lipinski definition) is 10. The number of fused-ring (bicyclic) bond motifs is 6. The van der Waals surface area contributed by atoms with Crippen LogP contribution in [0.5, 0.6) is 0 Å². The Kier molecular flexibility index (Phi) is 8.81. The number of para-hydroxylation sites is 6. The number of anilines is 8. The van der Waals surface area contributed by atoms with E-state index in [2.05, 4.69) is 278 Å². The second-order valence-corrected chi connectivity index (χ2v) is 29.2. The molecule has 370 valence electrons. The summed E-state index contributed by atoms with van der Waals surface area (Å²) in [5.41, 5.74) is 34.6. The molecule has 21 rings (SSSR count). The summed E-state index contributed by atoms with van der Waals surface area (Å²) < 4.78 is 0. The van der Waals surface area contributed by atoms with Gasteiger partial charge in [-0.05, 0) is 152 Å². The molecule has 81 heavy (non-hydrogen) atoms. The van der Waals surface area contributed by atoms with Crippen LogP contribution in [0.2, 0.25) is 0 Å². The van der Waals surface area contributed by atoms with Gasteiger partial charge in [-0.2, -0.15) is 23.2 Å². The van der Waals surface area contributed by atoms with Gasteiger partial charge in [0, 0.05) is 108 Å². The lowest BCUT2D eigenvalue weighted by atomic mass is 9.54. The molecule has 0 spiro atoms. The highest BCUT2D eigenvalue weighted by atomic mass is 32.2. The lowest BCUT2D eigenvalue weighted by Crippen LogP contribution is -2.60. The zero-order valence-electron chi connectivity index (χ0n) is 42.8. The average molecular weight is 1130 g/mol. The highest BCUT2D eigenvalue weighted by molar-refractivity contribution is 8.56. The van der Waals surface area contributed by atoms with Gasteiger partial charge in [-0.1, -0.05) is 121 Å². The lowest BCUT2D eigenvalue weighted by Gasteiger charge is -2.53. The summed E-state index contributed by atoms with van der Waals surface area (Å²) >= 11 is 12.5. The molecule has 0 amide bonds. The minimum atomic E-state index is -0.0117. The maximum absolute atomic E-state index is 2.78. The van der Waals surface area contributed by atoms with Gasteiger partial charge in [0.05, 0.1) is 0 Å². The van der Waals surface area contributed by atoms with Crippen LogP contribution in [0.25, 0.3) is 66.8 Å². The van der Waals surface area contributed by atoms with E-state index < -0.39 is 0 Å². The van der Waals surface area contributed by atoms with E-state index >= 15 is 0 Å². The molecule has 0 N–H and O–H groups in total. The van der Waals surface area contributed by atoms with Crippen LogP contribution < -0.4 is 46.6 Å². The summed E-state index contributed by atoms with van der Waals surface area (Å²) in [4.78, 5) is 19.3. The number of hydrogen-bond donors (Lipinski definition) is 0. The van der Waals surface area contributed by atoms with Crippen LogP contribution in [-0.2, 0) is 0 Å². The van der Waals surface area contributed by atoms with Crippen LogP contribution in [-0.4, -0.2) is 29.8 Å². The van der Waals surface area contributed by atoms with Crippen molar-refractivity contribution in [1.29, 1.82) is 0 Å². The van der Waals surface area contributed by atoms with Gasteiger partial charge in [-0.15, -0.1) is 46.5 Å². The van der Waals surface area contributed by atoms with Gasteiger partial charge in [0.25, 0.3) is 0 Å². The van der Waals surface area contributed by atoms with Gasteiger partial charge in [-0.25, -0.2) is 0 Å². The summed E-state index contributed by atoms with van der Waals surface area (Å²) in [7, 11) is 0. The Morgan fingerprint density at radius 1 is 0.235 bits per heavy atom. The summed E-state index contributed by atoms with van der Waals surface area (Å²) in [6.07, 6.45) is 0.0348. The molecule has 15 heteroatoms. The van der Waals surface area contributed by atoms with Gasteiger partial charge in [-0.3, -0.25) is 0 Å². The van der Waals surface area contributed by atoms with Crippen molar-refractivity contribution in [1.82, 2.24) is 0 Å². The lowest BCUT2D eigenvalue weighted by molar-refractivity contribution is 1.28. The number of benzene rings is 11. The minimum Gasteiger partial charge on any atom is -0.371 e. The Hall–Kier alpha value is -6.96. The quantitative estimate of drug-likeness (QED) is 0.157. The molecule has 0 saturated heterocycles. The molecule has 0 atom stereocenters. The molecule has 0 saturated carbocycles. The molecule has 0 unspecified atom stereocenters. The Labute approximate surface area is 495 Å². The van der Waals surface area contributed by atoms with Crippen LogP contribution >= 0.6 is 69.7 Å². The first-order chi connectivity index (χ1) is 40.2. The summed E-state index contributed by atoms with van der Waals surface area (Å²) in [5.74, 6) is 0. The van der Waals surface area contributed by atoms with E-state index in [1.165, 1.54) is 169 Å². The third-order valence-corrected chi connectivity index (χ3v) is 26.3.